The van der Waals surface area contributed by atoms with Gasteiger partial charge in [0.2, 0.25) is 23.6 Å². The van der Waals surface area contributed by atoms with Crippen molar-refractivity contribution in [3.63, 3.8) is 0 Å². The monoisotopic (exact) mass is 294 g/mol. The minimum Gasteiger partial charge on any atom is -0.368 e. The number of carbonyl (C=O) groups excluding carboxylic acids is 4. The zero-order chi connectivity index (χ0) is 15.1. The summed E-state index contributed by atoms with van der Waals surface area (Å²) in [6.45, 7) is 0.825. The van der Waals surface area contributed by atoms with E-state index in [1.807, 2.05) is 0 Å². The van der Waals surface area contributed by atoms with E-state index in [1.54, 1.807) is 4.90 Å². The van der Waals surface area contributed by atoms with Crippen LogP contribution in [-0.2, 0) is 19.2 Å². The smallest absolute Gasteiger partial charge is 0.246 e. The van der Waals surface area contributed by atoms with Gasteiger partial charge in [-0.25, -0.2) is 0 Å². The summed E-state index contributed by atoms with van der Waals surface area (Å²) in [6, 6.07) is -1.05. The molecule has 3 aliphatic rings. The molecule has 0 radical (unpaired) electrons. The van der Waals surface area contributed by atoms with Crippen molar-refractivity contribution in [2.45, 2.75) is 31.3 Å². The standard InChI is InChI=1S/C13H18N4O4/c14-10(18)6-15-5-3-9(12(15)20)17-7-11(19)16-4-1-2-8(16)13(17)21/h8-9H,1-7H2,(H2,14,18)/t8-,9+/m0/s1. The number of nitrogens with two attached hydrogens (primary N) is 1. The van der Waals surface area contributed by atoms with Crippen LogP contribution in [0.15, 0.2) is 0 Å². The average Bonchev–Trinajstić information content (AvgIpc) is 3.03. The van der Waals surface area contributed by atoms with Gasteiger partial charge in [0.25, 0.3) is 0 Å². The Hall–Kier alpha value is -2.12. The number of carbonyl (C=O) groups is 4. The number of hydrogen-bond acceptors (Lipinski definition) is 4. The first kappa shape index (κ1) is 13.8. The molecule has 0 unspecified atom stereocenters. The van der Waals surface area contributed by atoms with Crippen molar-refractivity contribution in [2.24, 2.45) is 5.73 Å². The Labute approximate surface area is 121 Å². The SMILES string of the molecule is NC(=O)CN1CC[C@@H](N2CC(=O)N3CCC[C@H]3C2=O)C1=O. The summed E-state index contributed by atoms with van der Waals surface area (Å²) in [6.07, 6.45) is 1.92. The Morgan fingerprint density at radius 3 is 2.48 bits per heavy atom. The van der Waals surface area contributed by atoms with Crippen LogP contribution in [0.4, 0.5) is 0 Å². The Kier molecular flexibility index (Phi) is 3.30. The lowest BCUT2D eigenvalue weighted by Gasteiger charge is -2.38. The first-order valence-electron chi connectivity index (χ1n) is 7.16. The lowest BCUT2D eigenvalue weighted by Crippen LogP contribution is -2.61. The highest BCUT2D eigenvalue weighted by atomic mass is 16.2. The van der Waals surface area contributed by atoms with E-state index in [1.165, 1.54) is 9.80 Å². The fourth-order valence-corrected chi connectivity index (χ4v) is 3.45. The molecule has 114 valence electrons. The largest absolute Gasteiger partial charge is 0.368 e. The van der Waals surface area contributed by atoms with Crippen molar-refractivity contribution in [2.75, 3.05) is 26.2 Å². The third kappa shape index (κ3) is 2.24. The van der Waals surface area contributed by atoms with Crippen molar-refractivity contribution >= 4 is 23.6 Å². The second kappa shape index (κ2) is 5.01. The zero-order valence-corrected chi connectivity index (χ0v) is 11.7. The van der Waals surface area contributed by atoms with Crippen LogP contribution in [0.1, 0.15) is 19.3 Å². The molecule has 3 aliphatic heterocycles. The molecule has 0 spiro atoms. The molecular formula is C13H18N4O4. The zero-order valence-electron chi connectivity index (χ0n) is 11.7. The minimum atomic E-state index is -0.636. The van der Waals surface area contributed by atoms with Crippen molar-refractivity contribution in [1.82, 2.24) is 14.7 Å². The van der Waals surface area contributed by atoms with Crippen LogP contribution >= 0.6 is 0 Å². The number of nitrogens with zero attached hydrogens (tertiary/aromatic N) is 3. The number of fused-ring (bicyclic) bond motifs is 1. The van der Waals surface area contributed by atoms with Crippen LogP contribution in [0.2, 0.25) is 0 Å². The van der Waals surface area contributed by atoms with Gasteiger partial charge in [-0.05, 0) is 19.3 Å². The molecule has 3 rings (SSSR count). The van der Waals surface area contributed by atoms with Gasteiger partial charge in [0.1, 0.15) is 18.6 Å². The lowest BCUT2D eigenvalue weighted by molar-refractivity contribution is -0.158. The van der Waals surface area contributed by atoms with Gasteiger partial charge >= 0.3 is 0 Å². The highest BCUT2D eigenvalue weighted by Crippen LogP contribution is 2.27. The van der Waals surface area contributed by atoms with E-state index in [4.69, 9.17) is 5.73 Å². The van der Waals surface area contributed by atoms with Crippen LogP contribution in [0.3, 0.4) is 0 Å². The average molecular weight is 294 g/mol. The van der Waals surface area contributed by atoms with Crippen LogP contribution in [0, 0.1) is 0 Å². The van der Waals surface area contributed by atoms with Crippen molar-refractivity contribution < 1.29 is 19.2 Å². The topological polar surface area (TPSA) is 104 Å². The highest BCUT2D eigenvalue weighted by molar-refractivity contribution is 5.99. The molecule has 0 saturated carbocycles. The first-order chi connectivity index (χ1) is 9.99. The Morgan fingerprint density at radius 2 is 1.76 bits per heavy atom. The molecule has 2 N–H and O–H groups in total. The molecule has 0 aromatic carbocycles. The van der Waals surface area contributed by atoms with E-state index in [-0.39, 0.29) is 30.8 Å². The maximum atomic E-state index is 12.5. The van der Waals surface area contributed by atoms with Crippen LogP contribution in [0.25, 0.3) is 0 Å². The summed E-state index contributed by atoms with van der Waals surface area (Å²) in [5.41, 5.74) is 5.10. The van der Waals surface area contributed by atoms with E-state index >= 15 is 0 Å². The molecule has 0 aromatic rings. The fraction of sp³-hybridized carbons (Fsp3) is 0.692. The lowest BCUT2D eigenvalue weighted by atomic mass is 10.1. The number of amides is 4. The summed E-state index contributed by atoms with van der Waals surface area (Å²) in [5, 5.41) is 0. The first-order valence-corrected chi connectivity index (χ1v) is 7.16. The summed E-state index contributed by atoms with van der Waals surface area (Å²) in [4.78, 5) is 52.1. The molecule has 2 atom stereocenters. The summed E-state index contributed by atoms with van der Waals surface area (Å²) < 4.78 is 0. The minimum absolute atomic E-state index is 0.0455. The van der Waals surface area contributed by atoms with Gasteiger partial charge in [-0.2, -0.15) is 0 Å². The molecule has 3 saturated heterocycles. The third-order valence-electron chi connectivity index (χ3n) is 4.44. The number of hydrogen-bond donors (Lipinski definition) is 1. The van der Waals surface area contributed by atoms with E-state index < -0.39 is 18.0 Å². The maximum absolute atomic E-state index is 12.5. The molecule has 0 aliphatic carbocycles. The molecule has 8 nitrogen and oxygen atoms in total. The summed E-state index contributed by atoms with van der Waals surface area (Å²) >= 11 is 0. The summed E-state index contributed by atoms with van der Waals surface area (Å²) in [5.74, 6) is -1.11. The Bertz CT molecular complexity index is 520. The van der Waals surface area contributed by atoms with E-state index in [0.717, 1.165) is 6.42 Å². The van der Waals surface area contributed by atoms with Gasteiger partial charge in [0, 0.05) is 13.1 Å². The molecule has 3 heterocycles. The van der Waals surface area contributed by atoms with Crippen molar-refractivity contribution in [3.8, 4) is 0 Å². The molecular weight excluding hydrogens is 276 g/mol. The predicted octanol–water partition coefficient (Wildman–Crippen LogP) is -2.09. The van der Waals surface area contributed by atoms with Crippen LogP contribution < -0.4 is 5.73 Å². The number of primary amides is 1. The number of piperazine rings is 1. The maximum Gasteiger partial charge on any atom is 0.246 e. The molecule has 0 bridgehead atoms. The van der Waals surface area contributed by atoms with Crippen LogP contribution in [0.5, 0.6) is 0 Å². The number of rotatable bonds is 3. The van der Waals surface area contributed by atoms with E-state index in [9.17, 15) is 19.2 Å². The van der Waals surface area contributed by atoms with Gasteiger partial charge in [-0.15, -0.1) is 0 Å². The number of likely N-dealkylation sites (tertiary alicyclic amines) is 1. The molecule has 4 amide bonds. The molecule has 3 fully saturated rings. The Morgan fingerprint density at radius 1 is 1.05 bits per heavy atom. The second-order valence-corrected chi connectivity index (χ2v) is 5.74. The van der Waals surface area contributed by atoms with Gasteiger partial charge < -0.3 is 20.4 Å². The Balaban J connectivity index is 1.75. The van der Waals surface area contributed by atoms with Gasteiger partial charge in [-0.1, -0.05) is 0 Å². The molecule has 0 aromatic heterocycles. The normalized spacial score (nSPS) is 29.3. The quantitative estimate of drug-likeness (QED) is 0.644. The second-order valence-electron chi connectivity index (χ2n) is 5.74. The van der Waals surface area contributed by atoms with Gasteiger partial charge in [0.05, 0.1) is 6.54 Å². The summed E-state index contributed by atoms with van der Waals surface area (Å²) in [7, 11) is 0. The van der Waals surface area contributed by atoms with Crippen molar-refractivity contribution in [1.29, 1.82) is 0 Å². The predicted molar refractivity (Wildman–Crippen MR) is 70.6 cm³/mol. The fourth-order valence-electron chi connectivity index (χ4n) is 3.45. The van der Waals surface area contributed by atoms with Crippen LogP contribution in [-0.4, -0.2) is 76.6 Å². The van der Waals surface area contributed by atoms with E-state index in [2.05, 4.69) is 0 Å². The molecule has 21 heavy (non-hydrogen) atoms. The van der Waals surface area contributed by atoms with E-state index in [0.29, 0.717) is 25.9 Å². The van der Waals surface area contributed by atoms with Gasteiger partial charge in [0.15, 0.2) is 0 Å². The van der Waals surface area contributed by atoms with Crippen molar-refractivity contribution in [3.05, 3.63) is 0 Å². The van der Waals surface area contributed by atoms with Gasteiger partial charge in [-0.3, -0.25) is 19.2 Å². The highest BCUT2D eigenvalue weighted by Gasteiger charge is 2.47. The third-order valence-corrected chi connectivity index (χ3v) is 4.44. The molecule has 8 heteroatoms.